The molecule has 10 heteroatoms. The van der Waals surface area contributed by atoms with Gasteiger partial charge < -0.3 is 25.8 Å². The molecule has 0 amide bonds. The monoisotopic (exact) mass is 374 g/mol. The van der Waals surface area contributed by atoms with Crippen molar-refractivity contribution in [2.75, 3.05) is 36.1 Å². The lowest BCUT2D eigenvalue weighted by Crippen LogP contribution is -2.20. The summed E-state index contributed by atoms with van der Waals surface area (Å²) in [6.45, 7) is 3.70. The summed E-state index contributed by atoms with van der Waals surface area (Å²) in [7, 11) is 0. The van der Waals surface area contributed by atoms with E-state index in [-0.39, 0.29) is 29.4 Å². The Hall–Kier alpha value is -3.14. The summed E-state index contributed by atoms with van der Waals surface area (Å²) in [5.74, 6) is 0.727. The van der Waals surface area contributed by atoms with Gasteiger partial charge in [-0.3, -0.25) is 10.1 Å². The molecule has 1 aromatic heterocycles. The van der Waals surface area contributed by atoms with Crippen LogP contribution in [0.25, 0.3) is 0 Å². The van der Waals surface area contributed by atoms with Gasteiger partial charge in [0.05, 0.1) is 17.6 Å². The molecule has 0 aliphatic carbocycles. The molecule has 0 bridgehead atoms. The van der Waals surface area contributed by atoms with Crippen LogP contribution in [-0.4, -0.2) is 40.8 Å². The Morgan fingerprint density at radius 2 is 2.15 bits per heavy atom. The largest absolute Gasteiger partial charge is 0.494 e. The van der Waals surface area contributed by atoms with Crippen molar-refractivity contribution >= 4 is 29.0 Å². The van der Waals surface area contributed by atoms with E-state index in [4.69, 9.17) is 15.2 Å². The zero-order valence-electron chi connectivity index (χ0n) is 15.0. The SMILES string of the molecule is CCOc1ccc(Nc2nc(NC[C@@H]3CCCO3)nc(N)c2[N+](=O)[O-])cc1. The number of aromatic nitrogens is 2. The number of anilines is 4. The van der Waals surface area contributed by atoms with E-state index in [1.807, 2.05) is 6.92 Å². The fourth-order valence-corrected chi connectivity index (χ4v) is 2.77. The molecule has 1 atom stereocenters. The minimum absolute atomic E-state index is 0.0199. The minimum atomic E-state index is -0.601. The molecule has 144 valence electrons. The predicted molar refractivity (Wildman–Crippen MR) is 101 cm³/mol. The third kappa shape index (κ3) is 4.73. The number of hydrogen-bond donors (Lipinski definition) is 3. The number of nitrogens with one attached hydrogen (secondary N) is 2. The van der Waals surface area contributed by atoms with E-state index >= 15 is 0 Å². The second kappa shape index (κ2) is 8.49. The molecule has 0 spiro atoms. The molecule has 27 heavy (non-hydrogen) atoms. The van der Waals surface area contributed by atoms with Crippen LogP contribution in [-0.2, 0) is 4.74 Å². The van der Waals surface area contributed by atoms with Gasteiger partial charge in [0.2, 0.25) is 17.6 Å². The summed E-state index contributed by atoms with van der Waals surface area (Å²) >= 11 is 0. The van der Waals surface area contributed by atoms with Crippen molar-refractivity contribution in [3.8, 4) is 5.75 Å². The van der Waals surface area contributed by atoms with Gasteiger partial charge in [0.1, 0.15) is 5.75 Å². The van der Waals surface area contributed by atoms with Crippen molar-refractivity contribution in [3.05, 3.63) is 34.4 Å². The molecule has 1 aromatic carbocycles. The van der Waals surface area contributed by atoms with Gasteiger partial charge in [-0.1, -0.05) is 0 Å². The van der Waals surface area contributed by atoms with Crippen molar-refractivity contribution in [1.29, 1.82) is 0 Å². The first-order valence-corrected chi connectivity index (χ1v) is 8.74. The number of nitro groups is 1. The maximum atomic E-state index is 11.4. The Morgan fingerprint density at radius 3 is 2.78 bits per heavy atom. The molecule has 10 nitrogen and oxygen atoms in total. The Morgan fingerprint density at radius 1 is 1.37 bits per heavy atom. The Balaban J connectivity index is 1.80. The van der Waals surface area contributed by atoms with Gasteiger partial charge in [0.15, 0.2) is 0 Å². The lowest BCUT2D eigenvalue weighted by molar-refractivity contribution is -0.383. The molecule has 1 fully saturated rings. The van der Waals surface area contributed by atoms with E-state index in [1.54, 1.807) is 24.3 Å². The van der Waals surface area contributed by atoms with Gasteiger partial charge >= 0.3 is 5.69 Å². The van der Waals surface area contributed by atoms with Crippen LogP contribution < -0.4 is 21.1 Å². The maximum Gasteiger partial charge on any atom is 0.353 e. The van der Waals surface area contributed by atoms with Crippen LogP contribution in [0.15, 0.2) is 24.3 Å². The van der Waals surface area contributed by atoms with Gasteiger partial charge in [-0.15, -0.1) is 0 Å². The highest BCUT2D eigenvalue weighted by Gasteiger charge is 2.24. The summed E-state index contributed by atoms with van der Waals surface area (Å²) in [5, 5.41) is 17.4. The van der Waals surface area contributed by atoms with Crippen molar-refractivity contribution in [2.45, 2.75) is 25.9 Å². The van der Waals surface area contributed by atoms with E-state index in [0.29, 0.717) is 24.6 Å². The van der Waals surface area contributed by atoms with E-state index in [2.05, 4.69) is 20.6 Å². The van der Waals surface area contributed by atoms with E-state index in [0.717, 1.165) is 19.4 Å². The van der Waals surface area contributed by atoms with Crippen molar-refractivity contribution in [2.24, 2.45) is 0 Å². The average molecular weight is 374 g/mol. The van der Waals surface area contributed by atoms with Crippen LogP contribution >= 0.6 is 0 Å². The number of ether oxygens (including phenoxy) is 2. The Kier molecular flexibility index (Phi) is 5.87. The van der Waals surface area contributed by atoms with E-state index in [1.165, 1.54) is 0 Å². The maximum absolute atomic E-state index is 11.4. The normalized spacial score (nSPS) is 16.1. The van der Waals surface area contributed by atoms with Crippen molar-refractivity contribution < 1.29 is 14.4 Å². The van der Waals surface area contributed by atoms with Crippen LogP contribution in [0, 0.1) is 10.1 Å². The number of nitrogen functional groups attached to an aromatic ring is 1. The van der Waals surface area contributed by atoms with Gasteiger partial charge in [-0.2, -0.15) is 9.97 Å². The average Bonchev–Trinajstić information content (AvgIpc) is 3.15. The summed E-state index contributed by atoms with van der Waals surface area (Å²) in [6.07, 6.45) is 2.04. The van der Waals surface area contributed by atoms with Gasteiger partial charge in [-0.05, 0) is 44.0 Å². The zero-order valence-corrected chi connectivity index (χ0v) is 15.0. The molecule has 0 saturated carbocycles. The topological polar surface area (TPSA) is 137 Å². The summed E-state index contributed by atoms with van der Waals surface area (Å²) in [4.78, 5) is 19.0. The molecule has 4 N–H and O–H groups in total. The lowest BCUT2D eigenvalue weighted by Gasteiger charge is -2.13. The van der Waals surface area contributed by atoms with Gasteiger partial charge in [0.25, 0.3) is 0 Å². The van der Waals surface area contributed by atoms with Crippen LogP contribution in [0.5, 0.6) is 5.75 Å². The summed E-state index contributed by atoms with van der Waals surface area (Å²) < 4.78 is 10.9. The first kappa shape index (κ1) is 18.6. The van der Waals surface area contributed by atoms with Crippen molar-refractivity contribution in [3.63, 3.8) is 0 Å². The number of nitrogens with two attached hydrogens (primary N) is 1. The van der Waals surface area contributed by atoms with Crippen LogP contribution in [0.4, 0.5) is 29.0 Å². The highest BCUT2D eigenvalue weighted by Crippen LogP contribution is 2.32. The fraction of sp³-hybridized carbons (Fsp3) is 0.412. The van der Waals surface area contributed by atoms with Gasteiger partial charge in [0, 0.05) is 18.8 Å². The third-order valence-corrected chi connectivity index (χ3v) is 4.03. The van der Waals surface area contributed by atoms with Gasteiger partial charge in [-0.25, -0.2) is 0 Å². The first-order valence-electron chi connectivity index (χ1n) is 8.74. The summed E-state index contributed by atoms with van der Waals surface area (Å²) in [6, 6.07) is 7.01. The molecular weight excluding hydrogens is 352 g/mol. The zero-order chi connectivity index (χ0) is 19.2. The van der Waals surface area contributed by atoms with Crippen molar-refractivity contribution in [1.82, 2.24) is 9.97 Å². The Labute approximate surface area is 156 Å². The quantitative estimate of drug-likeness (QED) is 0.470. The molecule has 2 heterocycles. The smallest absolute Gasteiger partial charge is 0.353 e. The molecular formula is C17H22N6O4. The molecule has 2 aromatic rings. The highest BCUT2D eigenvalue weighted by atomic mass is 16.6. The standard InChI is InChI=1S/C17H22N6O4/c1-2-26-12-7-5-11(6-8-12)20-16-14(23(24)25)15(18)21-17(22-16)19-10-13-4-3-9-27-13/h5-8,13H,2-4,9-10H2,1H3,(H4,18,19,20,21,22)/t13-/m0/s1. The first-order chi connectivity index (χ1) is 13.1. The molecule has 0 radical (unpaired) electrons. The lowest BCUT2D eigenvalue weighted by atomic mass is 10.2. The second-order valence-corrected chi connectivity index (χ2v) is 5.99. The predicted octanol–water partition coefficient (Wildman–Crippen LogP) is 2.70. The van der Waals surface area contributed by atoms with E-state index in [9.17, 15) is 10.1 Å². The van der Waals surface area contributed by atoms with Crippen LogP contribution in [0.3, 0.4) is 0 Å². The molecule has 1 saturated heterocycles. The molecule has 0 unspecified atom stereocenters. The van der Waals surface area contributed by atoms with Crippen LogP contribution in [0.2, 0.25) is 0 Å². The fourth-order valence-electron chi connectivity index (χ4n) is 2.77. The van der Waals surface area contributed by atoms with Crippen LogP contribution in [0.1, 0.15) is 19.8 Å². The number of rotatable bonds is 8. The third-order valence-electron chi connectivity index (χ3n) is 4.03. The molecule has 1 aliphatic heterocycles. The second-order valence-electron chi connectivity index (χ2n) is 5.99. The summed E-state index contributed by atoms with van der Waals surface area (Å²) in [5.41, 5.74) is 6.05. The molecule has 1 aliphatic rings. The minimum Gasteiger partial charge on any atom is -0.494 e. The van der Waals surface area contributed by atoms with E-state index < -0.39 is 4.92 Å². The Bertz CT molecular complexity index is 793. The number of benzene rings is 1. The highest BCUT2D eigenvalue weighted by molar-refractivity contribution is 5.74. The number of hydrogen-bond acceptors (Lipinski definition) is 9. The number of nitrogens with zero attached hydrogens (tertiary/aromatic N) is 3. The molecule has 3 rings (SSSR count).